The molecule has 0 heterocycles. The minimum absolute atomic E-state index is 0. The minimum atomic E-state index is -1.12. The Kier molecular flexibility index (Phi) is 7.39. The molecule has 13 heavy (non-hydrogen) atoms. The van der Waals surface area contributed by atoms with Crippen LogP contribution >= 0.6 is 67.8 Å². The molecule has 0 spiro atoms. The van der Waals surface area contributed by atoms with Gasteiger partial charge in [-0.1, -0.05) is 0 Å². The Balaban J connectivity index is 0.00000144. The van der Waals surface area contributed by atoms with Gasteiger partial charge in [0.15, 0.2) is 0 Å². The number of aromatic carboxylic acids is 1. The summed E-state index contributed by atoms with van der Waals surface area (Å²) < 4.78 is 2.97. The van der Waals surface area contributed by atoms with Crippen molar-refractivity contribution >= 4 is 73.7 Å². The van der Waals surface area contributed by atoms with Crippen molar-refractivity contribution < 1.29 is 39.5 Å². The van der Waals surface area contributed by atoms with Gasteiger partial charge in [-0.15, -0.1) is 0 Å². The first-order chi connectivity index (χ1) is 5.52. The van der Waals surface area contributed by atoms with E-state index in [0.717, 1.165) is 10.7 Å². The molecule has 0 aliphatic heterocycles. The van der Waals surface area contributed by atoms with Gasteiger partial charge in [0.1, 0.15) is 0 Å². The number of hydrogen-bond donors (Lipinski definition) is 0. The van der Waals surface area contributed by atoms with Gasteiger partial charge in [0.05, 0.1) is 5.97 Å². The maximum atomic E-state index is 10.5. The zero-order chi connectivity index (χ0) is 9.30. The van der Waals surface area contributed by atoms with Gasteiger partial charge < -0.3 is 9.90 Å². The summed E-state index contributed by atoms with van der Waals surface area (Å²) >= 11 is 6.39. The van der Waals surface area contributed by atoms with E-state index in [0.29, 0.717) is 0 Å². The Morgan fingerprint density at radius 3 is 1.85 bits per heavy atom. The largest absolute Gasteiger partial charge is 1.00 e. The fraction of sp³-hybridized carbons (Fsp3) is 0. The number of carboxylic acids is 1. The molecule has 0 aromatic heterocycles. The van der Waals surface area contributed by atoms with Gasteiger partial charge in [0, 0.05) is 10.7 Å². The molecule has 0 radical (unpaired) electrons. The van der Waals surface area contributed by atoms with Crippen LogP contribution in [0.2, 0.25) is 0 Å². The Hall–Kier alpha value is 1.88. The third-order valence-corrected chi connectivity index (χ3v) is 6.15. The van der Waals surface area contributed by atoms with Gasteiger partial charge in [-0.05, 0) is 85.5 Å². The molecule has 0 aliphatic carbocycles. The standard InChI is InChI=1S/C7H3I3O2.Na/c8-4-1-3(7(11)12)2-5(9)6(4)10;/h1-2H,(H,11,12);/q;+1/p-1. The van der Waals surface area contributed by atoms with Crippen LogP contribution in [0.1, 0.15) is 10.4 Å². The summed E-state index contributed by atoms with van der Waals surface area (Å²) in [6.45, 7) is 0. The zero-order valence-electron chi connectivity index (χ0n) is 6.61. The first-order valence-corrected chi connectivity index (χ1v) is 6.12. The average Bonchev–Trinajstić information content (AvgIpc) is 1.99. The second-order valence-corrected chi connectivity index (χ2v) is 5.44. The van der Waals surface area contributed by atoms with E-state index in [1.165, 1.54) is 0 Å². The minimum Gasteiger partial charge on any atom is -0.545 e. The molecular weight excluding hydrogens is 520 g/mol. The monoisotopic (exact) mass is 522 g/mol. The Bertz CT molecular complexity index is 318. The van der Waals surface area contributed by atoms with E-state index in [1.54, 1.807) is 12.1 Å². The molecule has 0 bridgehead atoms. The normalized spacial score (nSPS) is 9.15. The molecule has 0 atom stereocenters. The second kappa shape index (κ2) is 6.46. The van der Waals surface area contributed by atoms with Gasteiger partial charge in [0.25, 0.3) is 0 Å². The topological polar surface area (TPSA) is 40.1 Å². The van der Waals surface area contributed by atoms with E-state index in [1.807, 2.05) is 0 Å². The summed E-state index contributed by atoms with van der Waals surface area (Å²) in [5.41, 5.74) is 0.240. The van der Waals surface area contributed by atoms with Crippen LogP contribution in [0.15, 0.2) is 12.1 Å². The number of rotatable bonds is 1. The van der Waals surface area contributed by atoms with Crippen molar-refractivity contribution in [2.24, 2.45) is 0 Å². The van der Waals surface area contributed by atoms with Crippen molar-refractivity contribution in [1.29, 1.82) is 0 Å². The summed E-state index contributed by atoms with van der Waals surface area (Å²) in [5, 5.41) is 10.5. The first-order valence-electron chi connectivity index (χ1n) is 2.88. The van der Waals surface area contributed by atoms with Crippen molar-refractivity contribution in [2.75, 3.05) is 0 Å². The number of halogens is 3. The van der Waals surface area contributed by atoms with Crippen LogP contribution in [0, 0.1) is 10.7 Å². The van der Waals surface area contributed by atoms with Gasteiger partial charge in [-0.25, -0.2) is 0 Å². The number of benzene rings is 1. The average molecular weight is 522 g/mol. The predicted molar refractivity (Wildman–Crippen MR) is 68.9 cm³/mol. The molecule has 0 amide bonds. The van der Waals surface area contributed by atoms with Crippen LogP contribution in [0.3, 0.4) is 0 Å². The third-order valence-electron chi connectivity index (χ3n) is 1.22. The van der Waals surface area contributed by atoms with Crippen molar-refractivity contribution in [3.8, 4) is 0 Å². The van der Waals surface area contributed by atoms with Gasteiger partial charge in [-0.2, -0.15) is 0 Å². The molecule has 64 valence electrons. The maximum Gasteiger partial charge on any atom is 1.00 e. The molecule has 0 fully saturated rings. The Morgan fingerprint density at radius 2 is 1.54 bits per heavy atom. The summed E-state index contributed by atoms with van der Waals surface area (Å²) in [7, 11) is 0. The number of carbonyl (C=O) groups is 1. The summed E-state index contributed by atoms with van der Waals surface area (Å²) in [4.78, 5) is 10.5. The molecule has 0 unspecified atom stereocenters. The fourth-order valence-corrected chi connectivity index (χ4v) is 2.75. The van der Waals surface area contributed by atoms with Crippen LogP contribution in [0.4, 0.5) is 0 Å². The van der Waals surface area contributed by atoms with E-state index in [9.17, 15) is 9.90 Å². The van der Waals surface area contributed by atoms with E-state index < -0.39 is 5.97 Å². The molecule has 6 heteroatoms. The molecule has 0 saturated carbocycles. The van der Waals surface area contributed by atoms with Crippen LogP contribution < -0.4 is 34.7 Å². The van der Waals surface area contributed by atoms with Gasteiger partial charge >= 0.3 is 29.6 Å². The van der Waals surface area contributed by atoms with Crippen LogP contribution in [0.5, 0.6) is 0 Å². The van der Waals surface area contributed by atoms with Crippen molar-refractivity contribution in [3.63, 3.8) is 0 Å². The molecular formula is C7H2I3NaO2. The Labute approximate surface area is 139 Å². The zero-order valence-corrected chi connectivity index (χ0v) is 15.1. The van der Waals surface area contributed by atoms with Crippen LogP contribution in [-0.2, 0) is 0 Å². The molecule has 1 aromatic rings. The molecule has 0 aliphatic rings. The van der Waals surface area contributed by atoms with Crippen LogP contribution in [-0.4, -0.2) is 5.97 Å². The molecule has 2 nitrogen and oxygen atoms in total. The number of hydrogen-bond acceptors (Lipinski definition) is 2. The van der Waals surface area contributed by atoms with E-state index in [-0.39, 0.29) is 35.1 Å². The quantitative estimate of drug-likeness (QED) is 0.267. The summed E-state index contributed by atoms with van der Waals surface area (Å²) in [6, 6.07) is 3.22. The van der Waals surface area contributed by atoms with E-state index >= 15 is 0 Å². The molecule has 1 aromatic carbocycles. The molecule has 0 N–H and O–H groups in total. The Morgan fingerprint density at radius 1 is 1.15 bits per heavy atom. The van der Waals surface area contributed by atoms with Crippen LogP contribution in [0.25, 0.3) is 0 Å². The second-order valence-electron chi connectivity index (χ2n) is 2.04. The SMILES string of the molecule is O=C([O-])c1cc(I)c(I)c(I)c1.[Na+]. The number of carbonyl (C=O) groups excluding carboxylic acids is 1. The molecule has 0 saturated heterocycles. The fourth-order valence-electron chi connectivity index (χ4n) is 0.673. The van der Waals surface area contributed by atoms with Crippen molar-refractivity contribution in [3.05, 3.63) is 28.4 Å². The van der Waals surface area contributed by atoms with Crippen molar-refractivity contribution in [1.82, 2.24) is 0 Å². The number of carboxylic acid groups (broad SMARTS) is 1. The van der Waals surface area contributed by atoms with E-state index in [2.05, 4.69) is 67.8 Å². The molecule has 1 rings (SSSR count). The van der Waals surface area contributed by atoms with E-state index in [4.69, 9.17) is 0 Å². The van der Waals surface area contributed by atoms with Crippen molar-refractivity contribution in [2.45, 2.75) is 0 Å². The van der Waals surface area contributed by atoms with Gasteiger partial charge in [0.2, 0.25) is 0 Å². The summed E-state index contributed by atoms with van der Waals surface area (Å²) in [5.74, 6) is -1.12. The maximum absolute atomic E-state index is 10.5. The smallest absolute Gasteiger partial charge is 0.545 e. The third kappa shape index (κ3) is 4.09. The van der Waals surface area contributed by atoms with Gasteiger partial charge in [-0.3, -0.25) is 0 Å². The first kappa shape index (κ1) is 14.9. The predicted octanol–water partition coefficient (Wildman–Crippen LogP) is -1.13. The summed E-state index contributed by atoms with van der Waals surface area (Å²) in [6.07, 6.45) is 0.